The predicted octanol–water partition coefficient (Wildman–Crippen LogP) is 1.66. The van der Waals surface area contributed by atoms with Crippen LogP contribution in [0.25, 0.3) is 0 Å². The highest BCUT2D eigenvalue weighted by atomic mass is 32.2. The van der Waals surface area contributed by atoms with Crippen LogP contribution in [-0.4, -0.2) is 18.9 Å². The number of hydrogen-bond donors (Lipinski definition) is 1. The summed E-state index contributed by atoms with van der Waals surface area (Å²) in [6, 6.07) is 0. The van der Waals surface area contributed by atoms with Crippen LogP contribution in [0.15, 0.2) is 0 Å². The zero-order valence-corrected chi connectivity index (χ0v) is 7.33. The van der Waals surface area contributed by atoms with Crippen LogP contribution < -0.4 is 5.73 Å². The van der Waals surface area contributed by atoms with Crippen molar-refractivity contribution in [2.24, 2.45) is 5.73 Å². The highest BCUT2D eigenvalue weighted by Crippen LogP contribution is 1.97. The molecule has 0 saturated carbocycles. The van der Waals surface area contributed by atoms with E-state index in [0.29, 0.717) is 6.54 Å². The molecule has 0 radical (unpaired) electrons. The molecule has 0 aromatic heterocycles. The Morgan fingerprint density at radius 1 is 1.44 bits per heavy atom. The van der Waals surface area contributed by atoms with Gasteiger partial charge in [0.25, 0.3) is 0 Å². The molecule has 0 bridgehead atoms. The normalized spacial score (nSPS) is 8.00. The van der Waals surface area contributed by atoms with Crippen molar-refractivity contribution in [2.45, 2.75) is 20.8 Å². The van der Waals surface area contributed by atoms with Crippen LogP contribution in [0, 0.1) is 0 Å². The van der Waals surface area contributed by atoms with Gasteiger partial charge in [-0.15, -0.1) is 0 Å². The van der Waals surface area contributed by atoms with Gasteiger partial charge in [0.05, 0.1) is 6.61 Å². The van der Waals surface area contributed by atoms with Gasteiger partial charge in [-0.3, -0.25) is 0 Å². The van der Waals surface area contributed by atoms with Gasteiger partial charge in [0.2, 0.25) is 0 Å². The minimum Gasteiger partial charge on any atom is -0.330 e. The molecule has 3 heteroatoms. The van der Waals surface area contributed by atoms with E-state index in [2.05, 4.69) is 0 Å². The lowest BCUT2D eigenvalue weighted by Crippen LogP contribution is -2.01. The Morgan fingerprint density at radius 2 is 2.00 bits per heavy atom. The summed E-state index contributed by atoms with van der Waals surface area (Å²) in [5.41, 5.74) is 5.17. The molecule has 0 atom stereocenters. The quantitative estimate of drug-likeness (QED) is 0.490. The molecule has 0 aliphatic heterocycles. The molecule has 0 spiro atoms. The number of rotatable bonds is 4. The average Bonchev–Trinajstić information content (AvgIpc) is 1.94. The van der Waals surface area contributed by atoms with Crippen molar-refractivity contribution in [3.05, 3.63) is 0 Å². The van der Waals surface area contributed by atoms with Gasteiger partial charge in [0, 0.05) is 12.3 Å². The van der Waals surface area contributed by atoms with E-state index in [1.807, 2.05) is 20.8 Å². The van der Waals surface area contributed by atoms with Gasteiger partial charge >= 0.3 is 0 Å². The molecule has 0 saturated heterocycles. The third-order valence-electron chi connectivity index (χ3n) is 0.402. The van der Waals surface area contributed by atoms with Crippen LogP contribution in [0.1, 0.15) is 20.8 Å². The van der Waals surface area contributed by atoms with Crippen LogP contribution >= 0.6 is 12.0 Å². The van der Waals surface area contributed by atoms with Crippen LogP contribution in [-0.2, 0) is 4.18 Å². The zero-order valence-electron chi connectivity index (χ0n) is 6.52. The Hall–Kier alpha value is 0.270. The lowest BCUT2D eigenvalue weighted by atomic mass is 10.8. The summed E-state index contributed by atoms with van der Waals surface area (Å²) < 4.78 is 4.91. The van der Waals surface area contributed by atoms with E-state index in [-0.39, 0.29) is 0 Å². The molecule has 0 aromatic rings. The maximum atomic E-state index is 5.17. The molecule has 0 heterocycles. The topological polar surface area (TPSA) is 35.2 Å². The minimum atomic E-state index is 0.699. The standard InChI is InChI=1S/C4H11NOS.C2H6/c1-2-6-7-4-3-5;1-2/h2-5H2,1H3;1-2H3. The number of nitrogens with two attached hydrogens (primary N) is 1. The molecular formula is C6H17NOS. The summed E-state index contributed by atoms with van der Waals surface area (Å²) >= 11 is 1.43. The van der Waals surface area contributed by atoms with Gasteiger partial charge in [-0.25, -0.2) is 0 Å². The molecule has 0 unspecified atom stereocenters. The summed E-state index contributed by atoms with van der Waals surface area (Å²) in [5.74, 6) is 0.897. The zero-order chi connectivity index (χ0) is 7.54. The van der Waals surface area contributed by atoms with Gasteiger partial charge in [0.1, 0.15) is 0 Å². The Bertz CT molecular complexity index is 32.2. The maximum absolute atomic E-state index is 5.17. The second-order valence-corrected chi connectivity index (χ2v) is 1.90. The van der Waals surface area contributed by atoms with E-state index in [1.165, 1.54) is 12.0 Å². The van der Waals surface area contributed by atoms with Crippen molar-refractivity contribution in [1.82, 2.24) is 0 Å². The van der Waals surface area contributed by atoms with E-state index in [0.717, 1.165) is 12.4 Å². The molecular weight excluding hydrogens is 134 g/mol. The summed E-state index contributed by atoms with van der Waals surface area (Å²) in [7, 11) is 0. The second-order valence-electron chi connectivity index (χ2n) is 1.02. The Kier molecular flexibility index (Phi) is 21.0. The molecule has 2 N–H and O–H groups in total. The first-order valence-corrected chi connectivity index (χ1v) is 4.27. The Labute approximate surface area is 62.4 Å². The molecule has 0 aliphatic carbocycles. The predicted molar refractivity (Wildman–Crippen MR) is 44.5 cm³/mol. The van der Waals surface area contributed by atoms with E-state index < -0.39 is 0 Å². The molecule has 58 valence electrons. The Morgan fingerprint density at radius 3 is 2.33 bits per heavy atom. The average molecular weight is 151 g/mol. The molecule has 0 aromatic carbocycles. The molecule has 9 heavy (non-hydrogen) atoms. The monoisotopic (exact) mass is 151 g/mol. The number of hydrogen-bond acceptors (Lipinski definition) is 3. The first kappa shape index (κ1) is 12.0. The molecule has 0 aliphatic rings. The summed E-state index contributed by atoms with van der Waals surface area (Å²) in [6.07, 6.45) is 0. The van der Waals surface area contributed by atoms with Gasteiger partial charge in [-0.1, -0.05) is 13.8 Å². The van der Waals surface area contributed by atoms with E-state index in [4.69, 9.17) is 9.92 Å². The van der Waals surface area contributed by atoms with Gasteiger partial charge in [0.15, 0.2) is 0 Å². The van der Waals surface area contributed by atoms with Gasteiger partial charge in [-0.05, 0) is 19.0 Å². The third kappa shape index (κ3) is 17.8. The SMILES string of the molecule is CC.CCOSCCN. The molecule has 0 rings (SSSR count). The van der Waals surface area contributed by atoms with E-state index in [1.54, 1.807) is 0 Å². The Balaban J connectivity index is 0. The fourth-order valence-corrected chi connectivity index (χ4v) is 0.571. The largest absolute Gasteiger partial charge is 0.330 e. The summed E-state index contributed by atoms with van der Waals surface area (Å²) in [5, 5.41) is 0. The lowest BCUT2D eigenvalue weighted by molar-refractivity contribution is 0.402. The first-order valence-electron chi connectivity index (χ1n) is 3.36. The third-order valence-corrected chi connectivity index (χ3v) is 1.21. The maximum Gasteiger partial charge on any atom is 0.0585 e. The first-order chi connectivity index (χ1) is 4.41. The smallest absolute Gasteiger partial charge is 0.0585 e. The van der Waals surface area contributed by atoms with Crippen molar-refractivity contribution >= 4 is 12.0 Å². The van der Waals surface area contributed by atoms with Crippen molar-refractivity contribution in [3.8, 4) is 0 Å². The van der Waals surface area contributed by atoms with Crippen molar-refractivity contribution in [2.75, 3.05) is 18.9 Å². The van der Waals surface area contributed by atoms with E-state index >= 15 is 0 Å². The second kappa shape index (κ2) is 15.7. The highest BCUT2D eigenvalue weighted by molar-refractivity contribution is 7.94. The van der Waals surface area contributed by atoms with Gasteiger partial charge in [-0.2, -0.15) is 0 Å². The molecule has 0 amide bonds. The minimum absolute atomic E-state index is 0.699. The fourth-order valence-electron chi connectivity index (χ4n) is 0.190. The van der Waals surface area contributed by atoms with Crippen LogP contribution in [0.5, 0.6) is 0 Å². The summed E-state index contributed by atoms with van der Waals surface area (Å²) in [4.78, 5) is 0. The highest BCUT2D eigenvalue weighted by Gasteiger charge is 1.79. The van der Waals surface area contributed by atoms with E-state index in [9.17, 15) is 0 Å². The van der Waals surface area contributed by atoms with Crippen molar-refractivity contribution < 1.29 is 4.18 Å². The molecule has 0 fully saturated rings. The van der Waals surface area contributed by atoms with Crippen LogP contribution in [0.4, 0.5) is 0 Å². The van der Waals surface area contributed by atoms with Crippen LogP contribution in [0.3, 0.4) is 0 Å². The molecule has 2 nitrogen and oxygen atoms in total. The van der Waals surface area contributed by atoms with Crippen LogP contribution in [0.2, 0.25) is 0 Å². The van der Waals surface area contributed by atoms with Crippen molar-refractivity contribution in [1.29, 1.82) is 0 Å². The lowest BCUT2D eigenvalue weighted by Gasteiger charge is -1.93. The fraction of sp³-hybridized carbons (Fsp3) is 1.00. The van der Waals surface area contributed by atoms with Gasteiger partial charge < -0.3 is 9.92 Å². The van der Waals surface area contributed by atoms with Crippen molar-refractivity contribution in [3.63, 3.8) is 0 Å². The summed E-state index contributed by atoms with van der Waals surface area (Å²) in [6.45, 7) is 7.43.